The molecule has 1 aliphatic rings. The molecule has 1 aromatic rings. The molecule has 6 heteroatoms. The summed E-state index contributed by atoms with van der Waals surface area (Å²) < 4.78 is 1.82. The van der Waals surface area contributed by atoms with Gasteiger partial charge in [0.25, 0.3) is 0 Å². The second kappa shape index (κ2) is 5.48. The molecular formula is C12H20N4O2. The van der Waals surface area contributed by atoms with Gasteiger partial charge in [0, 0.05) is 6.54 Å². The van der Waals surface area contributed by atoms with Crippen molar-refractivity contribution >= 4 is 5.97 Å². The summed E-state index contributed by atoms with van der Waals surface area (Å²) in [6, 6.07) is -0.393. The van der Waals surface area contributed by atoms with Gasteiger partial charge in [0.1, 0.15) is 18.2 Å². The molecule has 1 fully saturated rings. The van der Waals surface area contributed by atoms with Gasteiger partial charge >= 0.3 is 5.97 Å². The number of rotatable bonds is 4. The molecule has 1 aliphatic heterocycles. The molecule has 1 aromatic heterocycles. The number of piperidine rings is 1. The van der Waals surface area contributed by atoms with Gasteiger partial charge in [0.2, 0.25) is 0 Å². The molecule has 1 saturated heterocycles. The maximum Gasteiger partial charge on any atom is 0.320 e. The van der Waals surface area contributed by atoms with E-state index in [0.29, 0.717) is 12.5 Å². The first-order valence-corrected chi connectivity index (χ1v) is 6.45. The van der Waals surface area contributed by atoms with E-state index in [0.717, 1.165) is 31.8 Å². The molecule has 18 heavy (non-hydrogen) atoms. The standard InChI is InChI=1S/C12H20N4O2/c1-3-16-11(13-8-14-16)7-15-5-4-9(2)6-10(15)12(17)18/h8-10H,3-7H2,1-2H3,(H,17,18). The number of hydrogen-bond acceptors (Lipinski definition) is 4. The fourth-order valence-corrected chi connectivity index (χ4v) is 2.49. The van der Waals surface area contributed by atoms with E-state index in [1.807, 2.05) is 16.5 Å². The number of likely N-dealkylation sites (tertiary alicyclic amines) is 1. The topological polar surface area (TPSA) is 71.2 Å². The van der Waals surface area contributed by atoms with Crippen molar-refractivity contribution in [3.05, 3.63) is 12.2 Å². The predicted molar refractivity (Wildman–Crippen MR) is 65.9 cm³/mol. The van der Waals surface area contributed by atoms with E-state index in [4.69, 9.17) is 0 Å². The average molecular weight is 252 g/mol. The number of aromatic nitrogens is 3. The van der Waals surface area contributed by atoms with Crippen molar-refractivity contribution in [3.63, 3.8) is 0 Å². The minimum atomic E-state index is -0.732. The minimum Gasteiger partial charge on any atom is -0.480 e. The molecule has 2 atom stereocenters. The SMILES string of the molecule is CCn1ncnc1CN1CCC(C)CC1C(=O)O. The van der Waals surface area contributed by atoms with E-state index in [1.165, 1.54) is 6.33 Å². The first-order chi connectivity index (χ1) is 8.61. The number of hydrogen-bond donors (Lipinski definition) is 1. The van der Waals surface area contributed by atoms with Gasteiger partial charge in [0.15, 0.2) is 0 Å². The monoisotopic (exact) mass is 252 g/mol. The van der Waals surface area contributed by atoms with Crippen LogP contribution in [0.2, 0.25) is 0 Å². The van der Waals surface area contributed by atoms with Gasteiger partial charge in [-0.3, -0.25) is 9.69 Å². The van der Waals surface area contributed by atoms with Crippen LogP contribution in [-0.4, -0.2) is 43.3 Å². The van der Waals surface area contributed by atoms with Crippen molar-refractivity contribution in [2.24, 2.45) is 5.92 Å². The number of aryl methyl sites for hydroxylation is 1. The summed E-state index contributed by atoms with van der Waals surface area (Å²) in [6.45, 7) is 6.26. The Morgan fingerprint density at radius 3 is 3.06 bits per heavy atom. The van der Waals surface area contributed by atoms with E-state index in [2.05, 4.69) is 17.0 Å². The zero-order chi connectivity index (χ0) is 13.1. The molecule has 6 nitrogen and oxygen atoms in total. The van der Waals surface area contributed by atoms with Crippen LogP contribution in [0.4, 0.5) is 0 Å². The van der Waals surface area contributed by atoms with Gasteiger partial charge in [-0.2, -0.15) is 5.10 Å². The second-order valence-electron chi connectivity index (χ2n) is 4.95. The molecule has 2 heterocycles. The summed E-state index contributed by atoms with van der Waals surface area (Å²) in [7, 11) is 0. The highest BCUT2D eigenvalue weighted by molar-refractivity contribution is 5.73. The van der Waals surface area contributed by atoms with Gasteiger partial charge in [-0.05, 0) is 32.2 Å². The van der Waals surface area contributed by atoms with Crippen molar-refractivity contribution < 1.29 is 9.90 Å². The lowest BCUT2D eigenvalue weighted by atomic mass is 9.92. The number of carboxylic acids is 1. The Balaban J connectivity index is 2.09. The third-order valence-electron chi connectivity index (χ3n) is 3.60. The Morgan fingerprint density at radius 2 is 2.39 bits per heavy atom. The number of carbonyl (C=O) groups is 1. The van der Waals surface area contributed by atoms with Crippen LogP contribution in [0, 0.1) is 5.92 Å². The zero-order valence-corrected chi connectivity index (χ0v) is 10.9. The number of aliphatic carboxylic acids is 1. The lowest BCUT2D eigenvalue weighted by molar-refractivity contribution is -0.145. The lowest BCUT2D eigenvalue weighted by Gasteiger charge is -2.35. The van der Waals surface area contributed by atoms with E-state index >= 15 is 0 Å². The van der Waals surface area contributed by atoms with Crippen LogP contribution in [0.5, 0.6) is 0 Å². The Kier molecular flexibility index (Phi) is 3.96. The molecule has 1 N–H and O–H groups in total. The maximum atomic E-state index is 11.3. The number of nitrogens with zero attached hydrogens (tertiary/aromatic N) is 4. The lowest BCUT2D eigenvalue weighted by Crippen LogP contribution is -2.46. The van der Waals surface area contributed by atoms with Crippen molar-refractivity contribution in [3.8, 4) is 0 Å². The molecule has 0 aromatic carbocycles. The third kappa shape index (κ3) is 2.69. The summed E-state index contributed by atoms with van der Waals surface area (Å²) in [5.41, 5.74) is 0. The summed E-state index contributed by atoms with van der Waals surface area (Å²) in [5.74, 6) is 0.591. The van der Waals surface area contributed by atoms with E-state index in [-0.39, 0.29) is 0 Å². The van der Waals surface area contributed by atoms with Crippen LogP contribution >= 0.6 is 0 Å². The third-order valence-corrected chi connectivity index (χ3v) is 3.60. The Hall–Kier alpha value is -1.43. The molecule has 0 amide bonds. The van der Waals surface area contributed by atoms with Crippen LogP contribution in [0.3, 0.4) is 0 Å². The summed E-state index contributed by atoms with van der Waals surface area (Å²) >= 11 is 0. The summed E-state index contributed by atoms with van der Waals surface area (Å²) in [4.78, 5) is 17.5. The molecule has 100 valence electrons. The van der Waals surface area contributed by atoms with Crippen LogP contribution in [0.25, 0.3) is 0 Å². The highest BCUT2D eigenvalue weighted by atomic mass is 16.4. The van der Waals surface area contributed by atoms with Gasteiger partial charge in [-0.15, -0.1) is 0 Å². The molecule has 0 radical (unpaired) electrons. The first kappa shape index (κ1) is 13.0. The second-order valence-corrected chi connectivity index (χ2v) is 4.95. The minimum absolute atomic E-state index is 0.393. The fraction of sp³-hybridized carbons (Fsp3) is 0.750. The highest BCUT2D eigenvalue weighted by Crippen LogP contribution is 2.23. The normalized spacial score (nSPS) is 25.2. The molecule has 2 rings (SSSR count). The Bertz CT molecular complexity index is 418. The molecular weight excluding hydrogens is 232 g/mol. The first-order valence-electron chi connectivity index (χ1n) is 6.45. The predicted octanol–water partition coefficient (Wildman–Crippen LogP) is 0.983. The van der Waals surface area contributed by atoms with Gasteiger partial charge in [0.05, 0.1) is 6.54 Å². The smallest absolute Gasteiger partial charge is 0.320 e. The average Bonchev–Trinajstić information content (AvgIpc) is 2.78. The Labute approximate surface area is 107 Å². The summed E-state index contributed by atoms with van der Waals surface area (Å²) in [6.07, 6.45) is 3.29. The molecule has 0 aliphatic carbocycles. The Morgan fingerprint density at radius 1 is 1.61 bits per heavy atom. The van der Waals surface area contributed by atoms with E-state index in [9.17, 15) is 9.90 Å². The number of carboxylic acid groups (broad SMARTS) is 1. The van der Waals surface area contributed by atoms with E-state index in [1.54, 1.807) is 0 Å². The van der Waals surface area contributed by atoms with Crippen LogP contribution in [-0.2, 0) is 17.9 Å². The van der Waals surface area contributed by atoms with Crippen molar-refractivity contribution in [2.75, 3.05) is 6.54 Å². The molecule has 0 spiro atoms. The summed E-state index contributed by atoms with van der Waals surface area (Å²) in [5, 5.41) is 13.4. The zero-order valence-electron chi connectivity index (χ0n) is 10.9. The van der Waals surface area contributed by atoms with Crippen LogP contribution < -0.4 is 0 Å². The van der Waals surface area contributed by atoms with Gasteiger partial charge in [-0.1, -0.05) is 6.92 Å². The van der Waals surface area contributed by atoms with Crippen LogP contribution in [0.1, 0.15) is 32.5 Å². The van der Waals surface area contributed by atoms with Crippen LogP contribution in [0.15, 0.2) is 6.33 Å². The van der Waals surface area contributed by atoms with Crippen molar-refractivity contribution in [2.45, 2.75) is 45.8 Å². The fourth-order valence-electron chi connectivity index (χ4n) is 2.49. The van der Waals surface area contributed by atoms with Gasteiger partial charge < -0.3 is 5.11 Å². The largest absolute Gasteiger partial charge is 0.480 e. The molecule has 2 unspecified atom stereocenters. The van der Waals surface area contributed by atoms with E-state index < -0.39 is 12.0 Å². The van der Waals surface area contributed by atoms with Gasteiger partial charge in [-0.25, -0.2) is 9.67 Å². The quantitative estimate of drug-likeness (QED) is 0.865. The maximum absolute atomic E-state index is 11.3. The molecule has 0 bridgehead atoms. The van der Waals surface area contributed by atoms with Crippen molar-refractivity contribution in [1.82, 2.24) is 19.7 Å². The highest BCUT2D eigenvalue weighted by Gasteiger charge is 2.32. The molecule has 0 saturated carbocycles. The van der Waals surface area contributed by atoms with Crippen molar-refractivity contribution in [1.29, 1.82) is 0 Å².